The average Bonchev–Trinajstić information content (AvgIpc) is 2.49. The lowest BCUT2D eigenvalue weighted by atomic mass is 9.99. The third-order valence-electron chi connectivity index (χ3n) is 3.33. The molecule has 1 aromatic carbocycles. The van der Waals surface area contributed by atoms with Gasteiger partial charge in [0, 0.05) is 18.9 Å². The topological polar surface area (TPSA) is 48.7 Å². The van der Waals surface area contributed by atoms with Gasteiger partial charge in [0.2, 0.25) is 0 Å². The van der Waals surface area contributed by atoms with Gasteiger partial charge in [-0.15, -0.1) is 0 Å². The standard InChI is InChI=1S/C17H19N3/c1-13(2)15-3-5-16(6-4-15)17(11-18)20-12-14-7-9-19-10-8-14/h3-10,13,17,20H,12H2,1-2H3. The number of benzene rings is 1. The fraction of sp³-hybridized carbons (Fsp3) is 0.294. The molecule has 2 rings (SSSR count). The maximum Gasteiger partial charge on any atom is 0.121 e. The van der Waals surface area contributed by atoms with Crippen molar-refractivity contribution in [3.63, 3.8) is 0 Å². The Hall–Kier alpha value is -2.18. The Morgan fingerprint density at radius 2 is 1.65 bits per heavy atom. The number of nitrogens with zero attached hydrogens (tertiary/aromatic N) is 2. The van der Waals surface area contributed by atoms with Crippen molar-refractivity contribution in [3.8, 4) is 6.07 Å². The minimum Gasteiger partial charge on any atom is -0.294 e. The van der Waals surface area contributed by atoms with E-state index in [0.29, 0.717) is 12.5 Å². The van der Waals surface area contributed by atoms with Gasteiger partial charge < -0.3 is 0 Å². The second-order valence-electron chi connectivity index (χ2n) is 5.12. The Kier molecular flexibility index (Phi) is 4.86. The Bertz CT molecular complexity index is 567. The van der Waals surface area contributed by atoms with E-state index in [0.717, 1.165) is 11.1 Å². The van der Waals surface area contributed by atoms with Gasteiger partial charge >= 0.3 is 0 Å². The fourth-order valence-electron chi connectivity index (χ4n) is 2.03. The first-order valence-corrected chi connectivity index (χ1v) is 6.82. The maximum atomic E-state index is 9.31. The van der Waals surface area contributed by atoms with Gasteiger partial charge in [0.15, 0.2) is 0 Å². The van der Waals surface area contributed by atoms with Crippen LogP contribution < -0.4 is 5.32 Å². The van der Waals surface area contributed by atoms with Gasteiger partial charge in [-0.05, 0) is 34.7 Å². The summed E-state index contributed by atoms with van der Waals surface area (Å²) in [5.41, 5.74) is 3.42. The molecule has 1 heterocycles. The van der Waals surface area contributed by atoms with Crippen LogP contribution >= 0.6 is 0 Å². The highest BCUT2D eigenvalue weighted by atomic mass is 14.9. The molecule has 3 nitrogen and oxygen atoms in total. The van der Waals surface area contributed by atoms with E-state index < -0.39 is 0 Å². The summed E-state index contributed by atoms with van der Waals surface area (Å²) < 4.78 is 0. The van der Waals surface area contributed by atoms with E-state index >= 15 is 0 Å². The summed E-state index contributed by atoms with van der Waals surface area (Å²) in [6.45, 7) is 4.99. The first-order chi connectivity index (χ1) is 9.70. The van der Waals surface area contributed by atoms with Gasteiger partial charge in [-0.1, -0.05) is 38.1 Å². The fourth-order valence-corrected chi connectivity index (χ4v) is 2.03. The molecule has 0 saturated carbocycles. The molecule has 1 unspecified atom stereocenters. The molecule has 0 amide bonds. The van der Waals surface area contributed by atoms with Crippen LogP contribution in [0.5, 0.6) is 0 Å². The second kappa shape index (κ2) is 6.83. The molecule has 2 aromatic rings. The lowest BCUT2D eigenvalue weighted by Crippen LogP contribution is -2.19. The molecule has 102 valence electrons. The van der Waals surface area contributed by atoms with E-state index in [-0.39, 0.29) is 6.04 Å². The Balaban J connectivity index is 2.03. The number of pyridine rings is 1. The second-order valence-corrected chi connectivity index (χ2v) is 5.12. The average molecular weight is 265 g/mol. The molecular formula is C17H19N3. The van der Waals surface area contributed by atoms with Crippen molar-refractivity contribution in [1.29, 1.82) is 5.26 Å². The minimum absolute atomic E-state index is 0.288. The van der Waals surface area contributed by atoms with E-state index in [1.165, 1.54) is 5.56 Å². The molecule has 0 aliphatic rings. The summed E-state index contributed by atoms with van der Waals surface area (Å²) in [5.74, 6) is 0.509. The zero-order chi connectivity index (χ0) is 14.4. The van der Waals surface area contributed by atoms with Crippen molar-refractivity contribution in [2.75, 3.05) is 0 Å². The number of aromatic nitrogens is 1. The third kappa shape index (κ3) is 3.66. The molecule has 0 radical (unpaired) electrons. The van der Waals surface area contributed by atoms with Crippen molar-refractivity contribution in [2.45, 2.75) is 32.4 Å². The van der Waals surface area contributed by atoms with Gasteiger partial charge in [0.05, 0.1) is 6.07 Å². The van der Waals surface area contributed by atoms with Crippen molar-refractivity contribution in [3.05, 3.63) is 65.5 Å². The van der Waals surface area contributed by atoms with E-state index in [2.05, 4.69) is 42.4 Å². The summed E-state index contributed by atoms with van der Waals surface area (Å²) in [6.07, 6.45) is 3.52. The number of rotatable bonds is 5. The van der Waals surface area contributed by atoms with Crippen LogP contribution in [-0.2, 0) is 6.54 Å². The van der Waals surface area contributed by atoms with Crippen molar-refractivity contribution >= 4 is 0 Å². The number of nitriles is 1. The Labute approximate surface area is 120 Å². The summed E-state index contributed by atoms with van der Waals surface area (Å²) in [4.78, 5) is 3.98. The van der Waals surface area contributed by atoms with E-state index in [1.807, 2.05) is 24.3 Å². The van der Waals surface area contributed by atoms with E-state index in [9.17, 15) is 5.26 Å². The summed E-state index contributed by atoms with van der Waals surface area (Å²) in [7, 11) is 0. The molecule has 0 fully saturated rings. The van der Waals surface area contributed by atoms with Crippen molar-refractivity contribution < 1.29 is 0 Å². The highest BCUT2D eigenvalue weighted by Crippen LogP contribution is 2.18. The molecule has 1 atom stereocenters. The Morgan fingerprint density at radius 1 is 1.05 bits per heavy atom. The van der Waals surface area contributed by atoms with Gasteiger partial charge in [0.1, 0.15) is 6.04 Å². The lowest BCUT2D eigenvalue weighted by Gasteiger charge is -2.13. The normalized spacial score (nSPS) is 12.1. The SMILES string of the molecule is CC(C)c1ccc(C(C#N)NCc2ccncc2)cc1. The number of hydrogen-bond donors (Lipinski definition) is 1. The van der Waals surface area contributed by atoms with Crippen LogP contribution in [0.1, 0.15) is 42.5 Å². The summed E-state index contributed by atoms with van der Waals surface area (Å²) in [6, 6.07) is 14.2. The summed E-state index contributed by atoms with van der Waals surface area (Å²) in [5, 5.41) is 12.6. The Morgan fingerprint density at radius 3 is 2.20 bits per heavy atom. The molecule has 1 aromatic heterocycles. The quantitative estimate of drug-likeness (QED) is 0.899. The van der Waals surface area contributed by atoms with Crippen LogP contribution in [0, 0.1) is 11.3 Å². The van der Waals surface area contributed by atoms with Crippen LogP contribution in [-0.4, -0.2) is 4.98 Å². The number of nitrogens with one attached hydrogen (secondary N) is 1. The molecular weight excluding hydrogens is 246 g/mol. The van der Waals surface area contributed by atoms with Crippen LogP contribution in [0.15, 0.2) is 48.8 Å². The largest absolute Gasteiger partial charge is 0.294 e. The van der Waals surface area contributed by atoms with Crippen molar-refractivity contribution in [1.82, 2.24) is 10.3 Å². The van der Waals surface area contributed by atoms with Crippen molar-refractivity contribution in [2.24, 2.45) is 0 Å². The maximum absolute atomic E-state index is 9.31. The van der Waals surface area contributed by atoms with Gasteiger partial charge in [-0.3, -0.25) is 10.3 Å². The molecule has 1 N–H and O–H groups in total. The van der Waals surface area contributed by atoms with Gasteiger partial charge in [-0.2, -0.15) is 5.26 Å². The van der Waals surface area contributed by atoms with Crippen LogP contribution in [0.2, 0.25) is 0 Å². The minimum atomic E-state index is -0.288. The van der Waals surface area contributed by atoms with E-state index in [1.54, 1.807) is 12.4 Å². The van der Waals surface area contributed by atoms with Gasteiger partial charge in [-0.25, -0.2) is 0 Å². The zero-order valence-corrected chi connectivity index (χ0v) is 11.9. The smallest absolute Gasteiger partial charge is 0.121 e. The van der Waals surface area contributed by atoms with Crippen LogP contribution in [0.3, 0.4) is 0 Å². The first-order valence-electron chi connectivity index (χ1n) is 6.82. The van der Waals surface area contributed by atoms with Crippen LogP contribution in [0.25, 0.3) is 0 Å². The van der Waals surface area contributed by atoms with E-state index in [4.69, 9.17) is 0 Å². The van der Waals surface area contributed by atoms with Crippen LogP contribution in [0.4, 0.5) is 0 Å². The molecule has 20 heavy (non-hydrogen) atoms. The summed E-state index contributed by atoms with van der Waals surface area (Å²) >= 11 is 0. The predicted octanol–water partition coefficient (Wildman–Crippen LogP) is 3.56. The third-order valence-corrected chi connectivity index (χ3v) is 3.33. The first kappa shape index (κ1) is 14.2. The molecule has 0 saturated heterocycles. The molecule has 0 bridgehead atoms. The lowest BCUT2D eigenvalue weighted by molar-refractivity contribution is 0.629. The molecule has 3 heteroatoms. The predicted molar refractivity (Wildman–Crippen MR) is 80.0 cm³/mol. The zero-order valence-electron chi connectivity index (χ0n) is 11.9. The molecule has 0 aliphatic carbocycles. The monoisotopic (exact) mass is 265 g/mol. The highest BCUT2D eigenvalue weighted by Gasteiger charge is 2.10. The van der Waals surface area contributed by atoms with Gasteiger partial charge in [0.25, 0.3) is 0 Å². The molecule has 0 aliphatic heterocycles. The highest BCUT2D eigenvalue weighted by molar-refractivity contribution is 5.29. The number of hydrogen-bond acceptors (Lipinski definition) is 3. The molecule has 0 spiro atoms.